The predicted octanol–water partition coefficient (Wildman–Crippen LogP) is 3.02. The van der Waals surface area contributed by atoms with E-state index in [0.29, 0.717) is 28.1 Å². The van der Waals surface area contributed by atoms with Crippen LogP contribution in [-0.2, 0) is 4.79 Å². The number of benzene rings is 2. The maximum Gasteiger partial charge on any atom is 0.260 e. The highest BCUT2D eigenvalue weighted by atomic mass is 19.1. The SMILES string of the molecule is CN1CCN(c2ccc(N/C=C3\C(=O)NC(=O)c4ccc(N5C=CCC5)cc43)cc2F)CC1. The van der Waals surface area contributed by atoms with Crippen LogP contribution in [0.25, 0.3) is 5.57 Å². The minimum atomic E-state index is -0.483. The molecule has 1 fully saturated rings. The van der Waals surface area contributed by atoms with Crippen molar-refractivity contribution in [3.63, 3.8) is 0 Å². The lowest BCUT2D eigenvalue weighted by Gasteiger charge is -2.34. The number of amides is 2. The Bertz CT molecular complexity index is 1170. The van der Waals surface area contributed by atoms with Crippen LogP contribution < -0.4 is 20.4 Å². The lowest BCUT2D eigenvalue weighted by molar-refractivity contribution is -0.114. The van der Waals surface area contributed by atoms with Gasteiger partial charge in [-0.2, -0.15) is 0 Å². The second kappa shape index (κ2) is 8.71. The summed E-state index contributed by atoms with van der Waals surface area (Å²) >= 11 is 0. The van der Waals surface area contributed by atoms with Crippen molar-refractivity contribution in [2.45, 2.75) is 6.42 Å². The number of nitrogens with zero attached hydrogens (tertiary/aromatic N) is 3. The van der Waals surface area contributed by atoms with Crippen LogP contribution in [0.4, 0.5) is 21.5 Å². The quantitative estimate of drug-likeness (QED) is 0.555. The van der Waals surface area contributed by atoms with Gasteiger partial charge in [-0.15, -0.1) is 0 Å². The monoisotopic (exact) mass is 447 g/mol. The topological polar surface area (TPSA) is 67.9 Å². The van der Waals surface area contributed by atoms with E-state index in [0.717, 1.165) is 44.8 Å². The Hall–Kier alpha value is -3.65. The molecule has 2 aromatic rings. The van der Waals surface area contributed by atoms with Crippen LogP contribution in [0.3, 0.4) is 0 Å². The molecule has 0 bridgehead atoms. The van der Waals surface area contributed by atoms with Gasteiger partial charge in [0.1, 0.15) is 5.82 Å². The van der Waals surface area contributed by atoms with Crippen LogP contribution in [-0.4, -0.2) is 56.5 Å². The number of hydrogen-bond acceptors (Lipinski definition) is 6. The summed E-state index contributed by atoms with van der Waals surface area (Å²) in [5, 5.41) is 5.42. The zero-order chi connectivity index (χ0) is 22.9. The number of halogens is 1. The Morgan fingerprint density at radius 1 is 0.970 bits per heavy atom. The molecule has 0 radical (unpaired) electrons. The van der Waals surface area contributed by atoms with E-state index in [-0.39, 0.29) is 5.82 Å². The molecule has 3 heterocycles. The minimum Gasteiger partial charge on any atom is -0.367 e. The van der Waals surface area contributed by atoms with E-state index >= 15 is 0 Å². The first-order valence-corrected chi connectivity index (χ1v) is 11.1. The normalized spacial score (nSPS) is 19.8. The van der Waals surface area contributed by atoms with Gasteiger partial charge in [-0.05, 0) is 49.9 Å². The van der Waals surface area contributed by atoms with Gasteiger partial charge in [-0.1, -0.05) is 6.08 Å². The molecular formula is C25H26FN5O2. The van der Waals surface area contributed by atoms with Crippen molar-refractivity contribution in [1.82, 2.24) is 10.2 Å². The van der Waals surface area contributed by atoms with E-state index in [9.17, 15) is 14.0 Å². The summed E-state index contributed by atoms with van der Waals surface area (Å²) in [6, 6.07) is 10.5. The molecule has 2 N–H and O–H groups in total. The van der Waals surface area contributed by atoms with Crippen LogP contribution in [0.15, 0.2) is 54.9 Å². The van der Waals surface area contributed by atoms with Crippen molar-refractivity contribution in [3.8, 4) is 0 Å². The first-order chi connectivity index (χ1) is 16.0. The van der Waals surface area contributed by atoms with Crippen molar-refractivity contribution < 1.29 is 14.0 Å². The number of rotatable bonds is 4. The number of fused-ring (bicyclic) bond motifs is 1. The minimum absolute atomic E-state index is 0.310. The molecule has 33 heavy (non-hydrogen) atoms. The average Bonchev–Trinajstić information content (AvgIpc) is 3.34. The molecule has 7 nitrogen and oxygen atoms in total. The highest BCUT2D eigenvalue weighted by Crippen LogP contribution is 2.30. The largest absolute Gasteiger partial charge is 0.367 e. The summed E-state index contributed by atoms with van der Waals surface area (Å²) in [6.45, 7) is 4.21. The molecule has 0 aromatic heterocycles. The zero-order valence-corrected chi connectivity index (χ0v) is 18.5. The number of carbonyl (C=O) groups excluding carboxylic acids is 2. The molecule has 2 amide bonds. The van der Waals surface area contributed by atoms with Gasteiger partial charge in [-0.25, -0.2) is 4.39 Å². The van der Waals surface area contributed by atoms with E-state index in [4.69, 9.17) is 0 Å². The molecule has 3 aliphatic rings. The maximum atomic E-state index is 14.8. The Kier molecular flexibility index (Phi) is 5.60. The lowest BCUT2D eigenvalue weighted by Crippen LogP contribution is -2.44. The van der Waals surface area contributed by atoms with Gasteiger partial charge in [0.15, 0.2) is 0 Å². The highest BCUT2D eigenvalue weighted by Gasteiger charge is 2.28. The van der Waals surface area contributed by atoms with Gasteiger partial charge in [-0.3, -0.25) is 14.9 Å². The third-order valence-corrected chi connectivity index (χ3v) is 6.34. The van der Waals surface area contributed by atoms with E-state index in [1.54, 1.807) is 18.2 Å². The molecule has 0 unspecified atom stereocenters. The summed E-state index contributed by atoms with van der Waals surface area (Å²) in [5.74, 6) is -1.21. The summed E-state index contributed by atoms with van der Waals surface area (Å²) in [6.07, 6.45) is 6.57. The average molecular weight is 448 g/mol. The van der Waals surface area contributed by atoms with Crippen LogP contribution >= 0.6 is 0 Å². The fourth-order valence-electron chi connectivity index (χ4n) is 4.40. The molecule has 170 valence electrons. The summed E-state index contributed by atoms with van der Waals surface area (Å²) in [4.78, 5) is 31.3. The lowest BCUT2D eigenvalue weighted by atomic mass is 9.94. The molecule has 0 aliphatic carbocycles. The molecular weight excluding hydrogens is 421 g/mol. The second-order valence-electron chi connectivity index (χ2n) is 8.54. The number of carbonyl (C=O) groups is 2. The van der Waals surface area contributed by atoms with E-state index in [1.165, 1.54) is 12.3 Å². The number of likely N-dealkylation sites (N-methyl/N-ethyl adjacent to an activating group) is 1. The van der Waals surface area contributed by atoms with Crippen molar-refractivity contribution in [1.29, 1.82) is 0 Å². The molecule has 2 aromatic carbocycles. The Morgan fingerprint density at radius 2 is 1.79 bits per heavy atom. The Morgan fingerprint density at radius 3 is 2.52 bits per heavy atom. The molecule has 0 saturated carbocycles. The predicted molar refractivity (Wildman–Crippen MR) is 128 cm³/mol. The second-order valence-corrected chi connectivity index (χ2v) is 8.54. The van der Waals surface area contributed by atoms with Crippen LogP contribution in [0.5, 0.6) is 0 Å². The maximum absolute atomic E-state index is 14.8. The highest BCUT2D eigenvalue weighted by molar-refractivity contribution is 6.31. The van der Waals surface area contributed by atoms with Crippen LogP contribution in [0.1, 0.15) is 22.3 Å². The van der Waals surface area contributed by atoms with Crippen molar-refractivity contribution >= 4 is 34.4 Å². The van der Waals surface area contributed by atoms with Gasteiger partial charge in [0.25, 0.3) is 11.8 Å². The van der Waals surface area contributed by atoms with Crippen molar-refractivity contribution in [2.24, 2.45) is 0 Å². The number of imide groups is 1. The first-order valence-electron chi connectivity index (χ1n) is 11.1. The Labute approximate surface area is 192 Å². The van der Waals surface area contributed by atoms with Crippen LogP contribution in [0, 0.1) is 5.82 Å². The molecule has 3 aliphatic heterocycles. The molecule has 0 atom stereocenters. The Balaban J connectivity index is 1.40. The van der Waals surface area contributed by atoms with E-state index < -0.39 is 11.8 Å². The van der Waals surface area contributed by atoms with Gasteiger partial charge in [0, 0.05) is 67.6 Å². The fourth-order valence-corrected chi connectivity index (χ4v) is 4.40. The molecule has 5 rings (SSSR count). The summed E-state index contributed by atoms with van der Waals surface area (Å²) in [7, 11) is 2.06. The number of piperazine rings is 1. The van der Waals surface area contributed by atoms with Gasteiger partial charge < -0.3 is 20.0 Å². The van der Waals surface area contributed by atoms with E-state index in [2.05, 4.69) is 33.6 Å². The van der Waals surface area contributed by atoms with Crippen LogP contribution in [0.2, 0.25) is 0 Å². The van der Waals surface area contributed by atoms with Crippen molar-refractivity contribution in [3.05, 3.63) is 71.8 Å². The first kappa shape index (κ1) is 21.2. The fraction of sp³-hybridized carbons (Fsp3) is 0.280. The van der Waals surface area contributed by atoms with E-state index in [1.807, 2.05) is 23.2 Å². The number of nitrogens with one attached hydrogen (secondary N) is 2. The standard InChI is InChI=1S/C25H26FN5O2/c1-29-10-12-31(13-11-29)23-7-4-17(14-22(23)26)27-16-21-20-15-18(30-8-2-3-9-30)5-6-19(20)24(32)28-25(21)33/h2,4-8,14-16,27H,3,9-13H2,1H3,(H,28,32,33)/b21-16-. The van der Waals surface area contributed by atoms with Gasteiger partial charge >= 0.3 is 0 Å². The summed E-state index contributed by atoms with van der Waals surface area (Å²) < 4.78 is 14.8. The van der Waals surface area contributed by atoms with Gasteiger partial charge in [0.2, 0.25) is 0 Å². The molecule has 8 heteroatoms. The smallest absolute Gasteiger partial charge is 0.260 e. The summed E-state index contributed by atoms with van der Waals surface area (Å²) in [5.41, 5.74) is 3.35. The third-order valence-electron chi connectivity index (χ3n) is 6.34. The third kappa shape index (κ3) is 4.21. The number of hydrogen-bond donors (Lipinski definition) is 2. The van der Waals surface area contributed by atoms with Crippen molar-refractivity contribution in [2.75, 3.05) is 54.9 Å². The zero-order valence-electron chi connectivity index (χ0n) is 18.5. The van der Waals surface area contributed by atoms with Gasteiger partial charge in [0.05, 0.1) is 11.3 Å². The molecule has 1 saturated heterocycles. The number of anilines is 3. The molecule has 0 spiro atoms.